The van der Waals surface area contributed by atoms with Gasteiger partial charge in [-0.3, -0.25) is 0 Å². The molecule has 2 aromatic rings. The molecule has 0 spiro atoms. The molecule has 0 saturated heterocycles. The number of rotatable bonds is 6. The predicted octanol–water partition coefficient (Wildman–Crippen LogP) is 4.49. The molecule has 0 aliphatic heterocycles. The number of furan rings is 1. The second-order valence-electron chi connectivity index (χ2n) is 5.78. The minimum Gasteiger partial charge on any atom is -0.464 e. The zero-order chi connectivity index (χ0) is 14.5. The summed E-state index contributed by atoms with van der Waals surface area (Å²) < 4.78 is 5.78. The second kappa shape index (κ2) is 6.76. The SMILES string of the molecule is CCNC(c1ccc(CC(C)C)cc1)c1ccc(C)o1. The summed E-state index contributed by atoms with van der Waals surface area (Å²) in [7, 11) is 0. The third-order valence-corrected chi connectivity index (χ3v) is 3.41. The van der Waals surface area contributed by atoms with Crippen molar-refractivity contribution in [2.75, 3.05) is 6.54 Å². The van der Waals surface area contributed by atoms with Crippen LogP contribution in [0, 0.1) is 12.8 Å². The first-order valence-corrected chi connectivity index (χ1v) is 7.48. The third kappa shape index (κ3) is 3.73. The van der Waals surface area contributed by atoms with Crippen LogP contribution in [0.15, 0.2) is 40.8 Å². The average Bonchev–Trinajstić information content (AvgIpc) is 2.83. The third-order valence-electron chi connectivity index (χ3n) is 3.41. The summed E-state index contributed by atoms with van der Waals surface area (Å²) in [6, 6.07) is 13.1. The van der Waals surface area contributed by atoms with Crippen LogP contribution >= 0.6 is 0 Å². The predicted molar refractivity (Wildman–Crippen MR) is 83.9 cm³/mol. The van der Waals surface area contributed by atoms with E-state index in [1.807, 2.05) is 13.0 Å². The molecule has 1 N–H and O–H groups in total. The van der Waals surface area contributed by atoms with Crippen LogP contribution in [0.2, 0.25) is 0 Å². The molecule has 0 bridgehead atoms. The van der Waals surface area contributed by atoms with Crippen molar-refractivity contribution in [3.8, 4) is 0 Å². The van der Waals surface area contributed by atoms with Crippen molar-refractivity contribution in [1.82, 2.24) is 5.32 Å². The Morgan fingerprint density at radius 1 is 1.05 bits per heavy atom. The lowest BCUT2D eigenvalue weighted by Gasteiger charge is -2.17. The van der Waals surface area contributed by atoms with Gasteiger partial charge in [-0.15, -0.1) is 0 Å². The summed E-state index contributed by atoms with van der Waals surface area (Å²) >= 11 is 0. The topological polar surface area (TPSA) is 25.2 Å². The summed E-state index contributed by atoms with van der Waals surface area (Å²) in [6.45, 7) is 9.52. The summed E-state index contributed by atoms with van der Waals surface area (Å²) in [5, 5.41) is 3.50. The van der Waals surface area contributed by atoms with Gasteiger partial charge < -0.3 is 9.73 Å². The van der Waals surface area contributed by atoms with Crippen molar-refractivity contribution in [2.24, 2.45) is 5.92 Å². The van der Waals surface area contributed by atoms with Gasteiger partial charge in [0.25, 0.3) is 0 Å². The van der Waals surface area contributed by atoms with Crippen molar-refractivity contribution in [3.05, 3.63) is 59.0 Å². The Morgan fingerprint density at radius 3 is 2.25 bits per heavy atom. The van der Waals surface area contributed by atoms with Crippen molar-refractivity contribution in [2.45, 2.75) is 40.2 Å². The zero-order valence-electron chi connectivity index (χ0n) is 12.9. The quantitative estimate of drug-likeness (QED) is 0.837. The fourth-order valence-electron chi connectivity index (χ4n) is 2.51. The van der Waals surface area contributed by atoms with Crippen LogP contribution < -0.4 is 5.32 Å². The highest BCUT2D eigenvalue weighted by molar-refractivity contribution is 5.30. The van der Waals surface area contributed by atoms with Crippen molar-refractivity contribution in [1.29, 1.82) is 0 Å². The Bertz CT molecular complexity index is 525. The molecule has 108 valence electrons. The van der Waals surface area contributed by atoms with E-state index in [1.165, 1.54) is 11.1 Å². The van der Waals surface area contributed by atoms with Crippen molar-refractivity contribution < 1.29 is 4.42 Å². The molecule has 1 aromatic heterocycles. The molecular weight excluding hydrogens is 246 g/mol. The normalized spacial score (nSPS) is 12.8. The monoisotopic (exact) mass is 271 g/mol. The maximum atomic E-state index is 5.78. The van der Waals surface area contributed by atoms with E-state index in [0.29, 0.717) is 5.92 Å². The van der Waals surface area contributed by atoms with E-state index in [0.717, 1.165) is 24.5 Å². The van der Waals surface area contributed by atoms with Crippen LogP contribution in [0.25, 0.3) is 0 Å². The number of hydrogen-bond acceptors (Lipinski definition) is 2. The Hall–Kier alpha value is -1.54. The molecule has 0 radical (unpaired) electrons. The van der Waals surface area contributed by atoms with E-state index in [4.69, 9.17) is 4.42 Å². The van der Waals surface area contributed by atoms with Gasteiger partial charge in [0.1, 0.15) is 11.5 Å². The Labute approximate surface area is 122 Å². The highest BCUT2D eigenvalue weighted by Crippen LogP contribution is 2.24. The molecular formula is C18H25NO. The van der Waals surface area contributed by atoms with Crippen LogP contribution in [0.5, 0.6) is 0 Å². The molecule has 0 fully saturated rings. The van der Waals surface area contributed by atoms with Gasteiger partial charge in [0.15, 0.2) is 0 Å². The van der Waals surface area contributed by atoms with Gasteiger partial charge in [0.2, 0.25) is 0 Å². The minimum atomic E-state index is 0.141. The van der Waals surface area contributed by atoms with Crippen molar-refractivity contribution in [3.63, 3.8) is 0 Å². The summed E-state index contributed by atoms with van der Waals surface area (Å²) in [5.74, 6) is 2.64. The van der Waals surface area contributed by atoms with E-state index < -0.39 is 0 Å². The van der Waals surface area contributed by atoms with Gasteiger partial charge in [-0.2, -0.15) is 0 Å². The molecule has 0 saturated carbocycles. The minimum absolute atomic E-state index is 0.141. The molecule has 2 nitrogen and oxygen atoms in total. The van der Waals surface area contributed by atoms with E-state index in [9.17, 15) is 0 Å². The zero-order valence-corrected chi connectivity index (χ0v) is 12.9. The maximum Gasteiger partial charge on any atom is 0.125 e. The fourth-order valence-corrected chi connectivity index (χ4v) is 2.51. The first-order valence-electron chi connectivity index (χ1n) is 7.48. The van der Waals surface area contributed by atoms with Crippen LogP contribution in [0.3, 0.4) is 0 Å². The van der Waals surface area contributed by atoms with E-state index in [1.54, 1.807) is 0 Å². The lowest BCUT2D eigenvalue weighted by molar-refractivity contribution is 0.435. The second-order valence-corrected chi connectivity index (χ2v) is 5.78. The Balaban J connectivity index is 2.21. The van der Waals surface area contributed by atoms with Gasteiger partial charge >= 0.3 is 0 Å². The number of benzene rings is 1. The molecule has 1 aromatic carbocycles. The average molecular weight is 271 g/mol. The summed E-state index contributed by atoms with van der Waals surface area (Å²) in [5.41, 5.74) is 2.66. The molecule has 0 amide bonds. The van der Waals surface area contributed by atoms with Gasteiger partial charge in [-0.25, -0.2) is 0 Å². The smallest absolute Gasteiger partial charge is 0.125 e. The molecule has 20 heavy (non-hydrogen) atoms. The largest absolute Gasteiger partial charge is 0.464 e. The molecule has 2 heteroatoms. The van der Waals surface area contributed by atoms with Gasteiger partial charge in [0, 0.05) is 0 Å². The van der Waals surface area contributed by atoms with Gasteiger partial charge in [-0.1, -0.05) is 45.0 Å². The van der Waals surface area contributed by atoms with Crippen LogP contribution in [0.4, 0.5) is 0 Å². The fraction of sp³-hybridized carbons (Fsp3) is 0.444. The molecule has 1 heterocycles. The van der Waals surface area contributed by atoms with Crippen molar-refractivity contribution >= 4 is 0 Å². The Kier molecular flexibility index (Phi) is 5.02. The van der Waals surface area contributed by atoms with Crippen LogP contribution in [-0.2, 0) is 6.42 Å². The van der Waals surface area contributed by atoms with Gasteiger partial charge in [-0.05, 0) is 49.1 Å². The molecule has 0 aliphatic rings. The van der Waals surface area contributed by atoms with E-state index in [2.05, 4.69) is 56.4 Å². The standard InChI is InChI=1S/C18H25NO/c1-5-19-18(17-11-6-14(4)20-17)16-9-7-15(8-10-16)12-13(2)3/h6-11,13,18-19H,5,12H2,1-4H3. The highest BCUT2D eigenvalue weighted by Gasteiger charge is 2.16. The molecule has 2 rings (SSSR count). The maximum absolute atomic E-state index is 5.78. The van der Waals surface area contributed by atoms with Crippen LogP contribution in [-0.4, -0.2) is 6.54 Å². The number of aryl methyl sites for hydroxylation is 1. The summed E-state index contributed by atoms with van der Waals surface area (Å²) in [4.78, 5) is 0. The van der Waals surface area contributed by atoms with E-state index >= 15 is 0 Å². The first kappa shape index (κ1) is 14.9. The van der Waals surface area contributed by atoms with Gasteiger partial charge in [0.05, 0.1) is 6.04 Å². The molecule has 0 aliphatic carbocycles. The van der Waals surface area contributed by atoms with E-state index in [-0.39, 0.29) is 6.04 Å². The molecule has 1 atom stereocenters. The lowest BCUT2D eigenvalue weighted by Crippen LogP contribution is -2.21. The van der Waals surface area contributed by atoms with Crippen LogP contribution in [0.1, 0.15) is 49.5 Å². The molecule has 1 unspecified atom stereocenters. The first-order chi connectivity index (χ1) is 9.60. The lowest BCUT2D eigenvalue weighted by atomic mass is 9.98. The highest BCUT2D eigenvalue weighted by atomic mass is 16.3. The Morgan fingerprint density at radius 2 is 1.75 bits per heavy atom. The summed E-state index contributed by atoms with van der Waals surface area (Å²) in [6.07, 6.45) is 1.13. The number of nitrogens with one attached hydrogen (secondary N) is 1. The number of hydrogen-bond donors (Lipinski definition) is 1.